The molecule has 5 rings (SSSR count). The molecule has 2 N–H and O–H groups in total. The minimum atomic E-state index is -0.501. The Kier molecular flexibility index (Phi) is 8.36. The summed E-state index contributed by atoms with van der Waals surface area (Å²) in [5, 5.41) is 6.82. The van der Waals surface area contributed by atoms with Crippen molar-refractivity contribution < 1.29 is 18.7 Å². The molecular weight excluding hydrogens is 509 g/mol. The van der Waals surface area contributed by atoms with E-state index in [0.29, 0.717) is 65.6 Å². The molecule has 2 fully saturated rings. The Morgan fingerprint density at radius 1 is 1.21 bits per heavy atom. The van der Waals surface area contributed by atoms with E-state index in [1.165, 1.54) is 18.5 Å². The van der Waals surface area contributed by atoms with Gasteiger partial charge >= 0.3 is 0 Å². The topological polar surface area (TPSA) is 88.6 Å². The molecule has 1 aliphatic heterocycles. The van der Waals surface area contributed by atoms with E-state index in [1.54, 1.807) is 31.4 Å². The molecular formula is C28H31ClFN5O3. The number of halogens is 2. The number of nitrogens with zero attached hydrogens (tertiary/aromatic N) is 3. The number of aromatic nitrogens is 2. The third-order valence-electron chi connectivity index (χ3n) is 6.82. The molecule has 2 aromatic carbocycles. The quantitative estimate of drug-likeness (QED) is 0.308. The number of likely N-dealkylation sites (tertiary alicyclic amines) is 1. The molecule has 0 spiro atoms. The molecule has 1 aromatic heterocycles. The SMILES string of the molecule is COCC1CCCN1CC=CC(=O)Nc1cc2c(Nc3ccc(F)c(Cl)c3)ncnc2cc1OCC1CC1. The van der Waals surface area contributed by atoms with Crippen LogP contribution in [-0.2, 0) is 9.53 Å². The van der Waals surface area contributed by atoms with Crippen molar-refractivity contribution in [2.75, 3.05) is 44.0 Å². The molecule has 1 amide bonds. The van der Waals surface area contributed by atoms with Crippen LogP contribution in [0.1, 0.15) is 25.7 Å². The highest BCUT2D eigenvalue weighted by Gasteiger charge is 2.24. The van der Waals surface area contributed by atoms with Crippen LogP contribution in [0.5, 0.6) is 5.75 Å². The summed E-state index contributed by atoms with van der Waals surface area (Å²) >= 11 is 5.95. The number of nitrogens with one attached hydrogen (secondary N) is 2. The third kappa shape index (κ3) is 6.59. The number of amides is 1. The molecule has 1 saturated carbocycles. The van der Waals surface area contributed by atoms with Crippen LogP contribution in [0.15, 0.2) is 48.8 Å². The second-order valence-corrected chi connectivity index (χ2v) is 10.1. The number of ether oxygens (including phenoxy) is 2. The highest BCUT2D eigenvalue weighted by atomic mass is 35.5. The average Bonchev–Trinajstić information content (AvgIpc) is 3.63. The Labute approximate surface area is 226 Å². The van der Waals surface area contributed by atoms with Crippen molar-refractivity contribution in [3.8, 4) is 5.75 Å². The van der Waals surface area contributed by atoms with Gasteiger partial charge < -0.3 is 20.1 Å². The lowest BCUT2D eigenvalue weighted by Crippen LogP contribution is -2.33. The third-order valence-corrected chi connectivity index (χ3v) is 7.11. The Morgan fingerprint density at radius 3 is 2.87 bits per heavy atom. The predicted octanol–water partition coefficient (Wildman–Crippen LogP) is 5.56. The first-order chi connectivity index (χ1) is 18.5. The lowest BCUT2D eigenvalue weighted by molar-refractivity contribution is -0.111. The van der Waals surface area contributed by atoms with Crippen LogP contribution in [0, 0.1) is 11.7 Å². The molecule has 8 nitrogen and oxygen atoms in total. The molecule has 38 heavy (non-hydrogen) atoms. The zero-order chi connectivity index (χ0) is 26.5. The normalized spacial score (nSPS) is 17.8. The molecule has 2 aliphatic rings. The van der Waals surface area contributed by atoms with Gasteiger partial charge in [-0.05, 0) is 62.4 Å². The van der Waals surface area contributed by atoms with Crippen LogP contribution in [0.3, 0.4) is 0 Å². The standard InChI is InChI=1S/C28H31ClFN5O3/c1-37-16-20-4-2-10-35(20)11-3-5-27(36)34-25-13-21-24(14-26(25)38-15-18-6-7-18)31-17-32-28(21)33-19-8-9-23(30)22(29)12-19/h3,5,8-9,12-14,17-18,20H,2,4,6-7,10-11,15-16H2,1H3,(H,34,36)(H,31,32,33). The second kappa shape index (κ2) is 12.1. The molecule has 1 atom stereocenters. The van der Waals surface area contributed by atoms with E-state index in [9.17, 15) is 9.18 Å². The van der Waals surface area contributed by atoms with Crippen LogP contribution in [-0.4, -0.2) is 60.2 Å². The number of rotatable bonds is 11. The van der Waals surface area contributed by atoms with Crippen molar-refractivity contribution in [1.82, 2.24) is 14.9 Å². The van der Waals surface area contributed by atoms with Gasteiger partial charge in [-0.15, -0.1) is 0 Å². The zero-order valence-electron chi connectivity index (χ0n) is 21.3. The van der Waals surface area contributed by atoms with E-state index < -0.39 is 5.82 Å². The van der Waals surface area contributed by atoms with Crippen molar-refractivity contribution in [2.24, 2.45) is 5.92 Å². The van der Waals surface area contributed by atoms with Gasteiger partial charge in [0.15, 0.2) is 0 Å². The largest absolute Gasteiger partial charge is 0.491 e. The summed E-state index contributed by atoms with van der Waals surface area (Å²) in [5.74, 6) is 0.843. The van der Waals surface area contributed by atoms with E-state index in [1.807, 2.05) is 6.08 Å². The van der Waals surface area contributed by atoms with Gasteiger partial charge in [-0.3, -0.25) is 9.69 Å². The van der Waals surface area contributed by atoms with Gasteiger partial charge in [0.2, 0.25) is 5.91 Å². The summed E-state index contributed by atoms with van der Waals surface area (Å²) < 4.78 is 25.0. The Bertz CT molecular complexity index is 1330. The zero-order valence-corrected chi connectivity index (χ0v) is 22.0. The maximum absolute atomic E-state index is 13.6. The molecule has 10 heteroatoms. The van der Waals surface area contributed by atoms with Crippen molar-refractivity contribution in [3.05, 3.63) is 59.7 Å². The minimum Gasteiger partial charge on any atom is -0.491 e. The van der Waals surface area contributed by atoms with E-state index in [2.05, 4.69) is 25.5 Å². The van der Waals surface area contributed by atoms with Crippen molar-refractivity contribution in [3.63, 3.8) is 0 Å². The molecule has 2 heterocycles. The number of carbonyl (C=O) groups is 1. The van der Waals surface area contributed by atoms with Crippen molar-refractivity contribution in [1.29, 1.82) is 0 Å². The number of hydrogen-bond donors (Lipinski definition) is 2. The highest BCUT2D eigenvalue weighted by Crippen LogP contribution is 2.36. The van der Waals surface area contributed by atoms with Crippen LogP contribution in [0.2, 0.25) is 5.02 Å². The monoisotopic (exact) mass is 539 g/mol. The summed E-state index contributed by atoms with van der Waals surface area (Å²) in [5.41, 5.74) is 1.75. The fourth-order valence-corrected chi connectivity index (χ4v) is 4.77. The van der Waals surface area contributed by atoms with Gasteiger partial charge in [0.25, 0.3) is 0 Å². The number of methoxy groups -OCH3 is 1. The molecule has 200 valence electrons. The molecule has 0 radical (unpaired) electrons. The van der Waals surface area contributed by atoms with E-state index in [-0.39, 0.29) is 10.9 Å². The maximum Gasteiger partial charge on any atom is 0.248 e. The lowest BCUT2D eigenvalue weighted by Gasteiger charge is -2.21. The van der Waals surface area contributed by atoms with Gasteiger partial charge in [-0.2, -0.15) is 0 Å². The predicted molar refractivity (Wildman–Crippen MR) is 147 cm³/mol. The summed E-state index contributed by atoms with van der Waals surface area (Å²) in [4.78, 5) is 24.0. The van der Waals surface area contributed by atoms with E-state index >= 15 is 0 Å². The second-order valence-electron chi connectivity index (χ2n) is 9.73. The van der Waals surface area contributed by atoms with Crippen LogP contribution >= 0.6 is 11.6 Å². The summed E-state index contributed by atoms with van der Waals surface area (Å²) in [6.07, 6.45) is 9.41. The molecule has 1 saturated heterocycles. The first-order valence-electron chi connectivity index (χ1n) is 12.8. The summed E-state index contributed by atoms with van der Waals surface area (Å²) in [7, 11) is 1.72. The maximum atomic E-state index is 13.6. The number of carbonyl (C=O) groups excluding carboxylic acids is 1. The fourth-order valence-electron chi connectivity index (χ4n) is 4.59. The number of fused-ring (bicyclic) bond motifs is 1. The van der Waals surface area contributed by atoms with Gasteiger partial charge in [0, 0.05) is 42.9 Å². The Balaban J connectivity index is 1.36. The van der Waals surface area contributed by atoms with Gasteiger partial charge in [-0.25, -0.2) is 14.4 Å². The van der Waals surface area contributed by atoms with Crippen LogP contribution in [0.4, 0.5) is 21.6 Å². The first kappa shape index (κ1) is 26.3. The Morgan fingerprint density at radius 2 is 2.08 bits per heavy atom. The van der Waals surface area contributed by atoms with E-state index in [0.717, 1.165) is 32.2 Å². The smallest absolute Gasteiger partial charge is 0.248 e. The van der Waals surface area contributed by atoms with Crippen molar-refractivity contribution >= 4 is 45.6 Å². The van der Waals surface area contributed by atoms with Gasteiger partial charge in [-0.1, -0.05) is 17.7 Å². The first-order valence-corrected chi connectivity index (χ1v) is 13.2. The number of hydrogen-bond acceptors (Lipinski definition) is 7. The van der Waals surface area contributed by atoms with Crippen LogP contribution < -0.4 is 15.4 Å². The van der Waals surface area contributed by atoms with E-state index in [4.69, 9.17) is 21.1 Å². The van der Waals surface area contributed by atoms with Crippen LogP contribution in [0.25, 0.3) is 10.9 Å². The summed E-state index contributed by atoms with van der Waals surface area (Å²) in [6.45, 7) is 2.97. The molecule has 1 unspecified atom stereocenters. The van der Waals surface area contributed by atoms with Crippen molar-refractivity contribution in [2.45, 2.75) is 31.7 Å². The summed E-state index contributed by atoms with van der Waals surface area (Å²) in [6, 6.07) is 8.34. The number of benzene rings is 2. The minimum absolute atomic E-state index is 0.00587. The lowest BCUT2D eigenvalue weighted by atomic mass is 10.1. The highest BCUT2D eigenvalue weighted by molar-refractivity contribution is 6.31. The van der Waals surface area contributed by atoms with Gasteiger partial charge in [0.05, 0.1) is 29.4 Å². The molecule has 0 bridgehead atoms. The molecule has 3 aromatic rings. The number of anilines is 3. The fraction of sp³-hybridized carbons (Fsp3) is 0.393. The average molecular weight is 540 g/mol. The van der Waals surface area contributed by atoms with Gasteiger partial charge in [0.1, 0.15) is 23.7 Å². The molecule has 1 aliphatic carbocycles. The Hall–Kier alpha value is -3.27.